The average Bonchev–Trinajstić information content (AvgIpc) is 2.68. The van der Waals surface area contributed by atoms with Crippen molar-refractivity contribution in [2.75, 3.05) is 26.3 Å². The number of hydrogen-bond donors (Lipinski definition) is 2. The van der Waals surface area contributed by atoms with Gasteiger partial charge in [-0.1, -0.05) is 23.7 Å². The fourth-order valence-electron chi connectivity index (χ4n) is 2.47. The summed E-state index contributed by atoms with van der Waals surface area (Å²) < 4.78 is 11.0. The molecule has 0 aliphatic heterocycles. The number of carbonyl (C=O) groups excluding carboxylic acids is 2. The van der Waals surface area contributed by atoms with E-state index in [0.717, 1.165) is 22.4 Å². The van der Waals surface area contributed by atoms with E-state index in [9.17, 15) is 9.59 Å². The third-order valence-electron chi connectivity index (χ3n) is 4.17. The van der Waals surface area contributed by atoms with E-state index in [1.807, 2.05) is 32.9 Å². The molecule has 2 rings (SSSR count). The third kappa shape index (κ3) is 6.78. The molecule has 0 heterocycles. The average molecular weight is 405 g/mol. The van der Waals surface area contributed by atoms with Gasteiger partial charge in [0.2, 0.25) is 0 Å². The van der Waals surface area contributed by atoms with E-state index in [-0.39, 0.29) is 25.0 Å². The van der Waals surface area contributed by atoms with Crippen LogP contribution in [0.2, 0.25) is 5.02 Å². The van der Waals surface area contributed by atoms with Gasteiger partial charge in [0.25, 0.3) is 11.8 Å². The number of aryl methyl sites for hydroxylation is 2. The Morgan fingerprint density at radius 2 is 1.36 bits per heavy atom. The highest BCUT2D eigenvalue weighted by Gasteiger charge is 2.09. The molecule has 6 nitrogen and oxygen atoms in total. The lowest BCUT2D eigenvalue weighted by Crippen LogP contribution is -2.38. The molecule has 7 heteroatoms. The molecule has 0 saturated heterocycles. The van der Waals surface area contributed by atoms with Crippen molar-refractivity contribution in [1.29, 1.82) is 0 Å². The Balaban J connectivity index is 1.62. The van der Waals surface area contributed by atoms with Gasteiger partial charge >= 0.3 is 0 Å². The topological polar surface area (TPSA) is 76.7 Å². The maximum Gasteiger partial charge on any atom is 0.258 e. The minimum absolute atomic E-state index is 0.0707. The quantitative estimate of drug-likeness (QED) is 0.630. The van der Waals surface area contributed by atoms with Gasteiger partial charge in [0.1, 0.15) is 11.5 Å². The highest BCUT2D eigenvalue weighted by molar-refractivity contribution is 6.30. The first-order valence-corrected chi connectivity index (χ1v) is 9.36. The summed E-state index contributed by atoms with van der Waals surface area (Å²) in [5.41, 5.74) is 3.13. The van der Waals surface area contributed by atoms with Crippen molar-refractivity contribution >= 4 is 23.4 Å². The van der Waals surface area contributed by atoms with Crippen molar-refractivity contribution in [3.05, 3.63) is 58.1 Å². The number of amides is 2. The van der Waals surface area contributed by atoms with Gasteiger partial charge in [0.15, 0.2) is 13.2 Å². The zero-order chi connectivity index (χ0) is 20.5. The van der Waals surface area contributed by atoms with E-state index in [1.54, 1.807) is 24.3 Å². The normalized spacial score (nSPS) is 10.3. The molecular weight excluding hydrogens is 380 g/mol. The van der Waals surface area contributed by atoms with E-state index in [1.165, 1.54) is 0 Å². The predicted octanol–water partition coefficient (Wildman–Crippen LogP) is 2.96. The summed E-state index contributed by atoms with van der Waals surface area (Å²) in [6.45, 7) is 6.35. The lowest BCUT2D eigenvalue weighted by molar-refractivity contribution is -0.124. The zero-order valence-corrected chi connectivity index (χ0v) is 17.1. The summed E-state index contributed by atoms with van der Waals surface area (Å²) in [5.74, 6) is 0.785. The van der Waals surface area contributed by atoms with E-state index in [0.29, 0.717) is 23.9 Å². The molecule has 0 aromatic heterocycles. The molecule has 150 valence electrons. The van der Waals surface area contributed by atoms with Crippen LogP contribution in [0, 0.1) is 20.8 Å². The van der Waals surface area contributed by atoms with E-state index in [2.05, 4.69) is 10.6 Å². The van der Waals surface area contributed by atoms with Crippen molar-refractivity contribution in [2.45, 2.75) is 20.8 Å². The van der Waals surface area contributed by atoms with Crippen LogP contribution in [0.15, 0.2) is 36.4 Å². The number of rotatable bonds is 9. The van der Waals surface area contributed by atoms with Gasteiger partial charge in [-0.15, -0.1) is 0 Å². The molecular formula is C21H25ClN2O4. The second-order valence-corrected chi connectivity index (χ2v) is 6.82. The molecule has 0 aliphatic rings. The molecule has 0 saturated carbocycles. The monoisotopic (exact) mass is 404 g/mol. The van der Waals surface area contributed by atoms with Gasteiger partial charge < -0.3 is 20.1 Å². The molecule has 0 aliphatic carbocycles. The second-order valence-electron chi connectivity index (χ2n) is 6.38. The molecule has 0 bridgehead atoms. The van der Waals surface area contributed by atoms with Crippen LogP contribution in [-0.4, -0.2) is 38.1 Å². The number of ether oxygens (including phenoxy) is 2. The zero-order valence-electron chi connectivity index (χ0n) is 16.3. The Hall–Kier alpha value is -2.73. The van der Waals surface area contributed by atoms with Crippen LogP contribution < -0.4 is 20.1 Å². The van der Waals surface area contributed by atoms with E-state index >= 15 is 0 Å². The first kappa shape index (κ1) is 21.6. The van der Waals surface area contributed by atoms with Gasteiger partial charge in [0, 0.05) is 18.1 Å². The summed E-state index contributed by atoms with van der Waals surface area (Å²) >= 11 is 5.79. The molecule has 0 spiro atoms. The lowest BCUT2D eigenvalue weighted by atomic mass is 10.1. The fraction of sp³-hybridized carbons (Fsp3) is 0.333. The van der Waals surface area contributed by atoms with Crippen molar-refractivity contribution in [3.63, 3.8) is 0 Å². The maximum atomic E-state index is 11.9. The predicted molar refractivity (Wildman–Crippen MR) is 109 cm³/mol. The van der Waals surface area contributed by atoms with Crippen LogP contribution in [0.25, 0.3) is 0 Å². The van der Waals surface area contributed by atoms with Crippen LogP contribution in [0.3, 0.4) is 0 Å². The Labute approximate surface area is 170 Å². The van der Waals surface area contributed by atoms with Gasteiger partial charge in [-0.05, 0) is 61.7 Å². The van der Waals surface area contributed by atoms with E-state index < -0.39 is 0 Å². The lowest BCUT2D eigenvalue weighted by Gasteiger charge is -2.14. The summed E-state index contributed by atoms with van der Waals surface area (Å²) in [6, 6.07) is 10.7. The summed E-state index contributed by atoms with van der Waals surface area (Å²) in [4.78, 5) is 23.7. The number of hydrogen-bond acceptors (Lipinski definition) is 4. The number of nitrogens with one attached hydrogen (secondary N) is 2. The molecule has 0 atom stereocenters. The molecule has 0 radical (unpaired) electrons. The Morgan fingerprint density at radius 1 is 0.821 bits per heavy atom. The van der Waals surface area contributed by atoms with Crippen LogP contribution >= 0.6 is 11.6 Å². The maximum absolute atomic E-state index is 11.9. The summed E-state index contributed by atoms with van der Waals surface area (Å²) in [5, 5.41) is 5.98. The molecule has 2 amide bonds. The molecule has 2 aromatic rings. The Morgan fingerprint density at radius 3 is 1.96 bits per heavy atom. The van der Waals surface area contributed by atoms with Crippen LogP contribution in [0.4, 0.5) is 0 Å². The molecule has 28 heavy (non-hydrogen) atoms. The summed E-state index contributed by atoms with van der Waals surface area (Å²) in [6.07, 6.45) is 0. The van der Waals surface area contributed by atoms with Crippen molar-refractivity contribution in [3.8, 4) is 11.5 Å². The number of halogens is 1. The summed E-state index contributed by atoms with van der Waals surface area (Å²) in [7, 11) is 0. The Kier molecular flexibility index (Phi) is 8.14. The van der Waals surface area contributed by atoms with Crippen LogP contribution in [0.1, 0.15) is 16.7 Å². The third-order valence-corrected chi connectivity index (χ3v) is 4.43. The fourth-order valence-corrected chi connectivity index (χ4v) is 2.60. The highest BCUT2D eigenvalue weighted by atomic mass is 35.5. The van der Waals surface area contributed by atoms with Gasteiger partial charge in [-0.25, -0.2) is 0 Å². The highest BCUT2D eigenvalue weighted by Crippen LogP contribution is 2.25. The first-order valence-electron chi connectivity index (χ1n) is 8.98. The van der Waals surface area contributed by atoms with Crippen molar-refractivity contribution < 1.29 is 19.1 Å². The SMILES string of the molecule is Cc1ccc(C)c(OCC(=O)NCCNC(=O)COc2ccc(Cl)cc2)c1C. The molecule has 2 aromatic carbocycles. The first-order chi connectivity index (χ1) is 13.4. The Bertz CT molecular complexity index is 822. The minimum atomic E-state index is -0.272. The largest absolute Gasteiger partial charge is 0.484 e. The van der Waals surface area contributed by atoms with Crippen LogP contribution in [-0.2, 0) is 9.59 Å². The smallest absolute Gasteiger partial charge is 0.258 e. The molecule has 0 unspecified atom stereocenters. The van der Waals surface area contributed by atoms with Gasteiger partial charge in [-0.2, -0.15) is 0 Å². The molecule has 0 fully saturated rings. The van der Waals surface area contributed by atoms with Gasteiger partial charge in [0.05, 0.1) is 0 Å². The standard InChI is InChI=1S/C21H25ClN2O4/c1-14-4-5-15(2)21(16(14)3)28-13-20(26)24-11-10-23-19(25)12-27-18-8-6-17(22)7-9-18/h4-9H,10-13H2,1-3H3,(H,23,25)(H,24,26). The van der Waals surface area contributed by atoms with Crippen molar-refractivity contribution in [2.24, 2.45) is 0 Å². The van der Waals surface area contributed by atoms with Gasteiger partial charge in [-0.3, -0.25) is 9.59 Å². The number of benzene rings is 2. The second kappa shape index (κ2) is 10.6. The van der Waals surface area contributed by atoms with E-state index in [4.69, 9.17) is 21.1 Å². The minimum Gasteiger partial charge on any atom is -0.484 e. The van der Waals surface area contributed by atoms with Crippen LogP contribution in [0.5, 0.6) is 11.5 Å². The van der Waals surface area contributed by atoms with Crippen molar-refractivity contribution in [1.82, 2.24) is 10.6 Å². The number of carbonyl (C=O) groups is 2. The molecule has 2 N–H and O–H groups in total.